The average molecular weight is 340 g/mol. The third-order valence-electron chi connectivity index (χ3n) is 2.49. The molecule has 0 aromatic heterocycles. The molecule has 1 rings (SSSR count). The molecule has 0 aliphatic carbocycles. The second-order valence-electron chi connectivity index (χ2n) is 3.69. The monoisotopic (exact) mass is 338 g/mol. The second kappa shape index (κ2) is 5.08. The second-order valence-corrected chi connectivity index (χ2v) is 7.72. The smallest absolute Gasteiger partial charge is 0.207 e. The zero-order valence-corrected chi connectivity index (χ0v) is 12.6. The fraction of sp³-hybridized carbons (Fsp3) is 0.364. The highest BCUT2D eigenvalue weighted by atomic mass is 79.9. The van der Waals surface area contributed by atoms with E-state index in [1.165, 1.54) is 0 Å². The Hall–Kier alpha value is -0.390. The van der Waals surface area contributed by atoms with Crippen LogP contribution >= 0.6 is 27.5 Å². The highest BCUT2D eigenvalue weighted by Gasteiger charge is 2.44. The van der Waals surface area contributed by atoms with Crippen LogP contribution in [-0.4, -0.2) is 24.7 Å². The molecule has 3 nitrogen and oxygen atoms in total. The van der Waals surface area contributed by atoms with Gasteiger partial charge < -0.3 is 0 Å². The van der Waals surface area contributed by atoms with E-state index in [1.54, 1.807) is 31.2 Å². The molecule has 0 unspecified atom stereocenters. The van der Waals surface area contributed by atoms with E-state index in [2.05, 4.69) is 15.9 Å². The van der Waals surface area contributed by atoms with Crippen molar-refractivity contribution in [3.8, 4) is 0 Å². The van der Waals surface area contributed by atoms with Gasteiger partial charge in [0.25, 0.3) is 0 Å². The molecular weight excluding hydrogens is 328 g/mol. The number of sulfone groups is 1. The normalized spacial score (nSPS) is 15.3. The summed E-state index contributed by atoms with van der Waals surface area (Å²) < 4.78 is 22.1. The summed E-state index contributed by atoms with van der Waals surface area (Å²) in [6, 6.07) is 6.43. The lowest BCUT2D eigenvalue weighted by atomic mass is 10.1. The van der Waals surface area contributed by atoms with E-state index >= 15 is 0 Å². The highest BCUT2D eigenvalue weighted by molar-refractivity contribution is 9.10. The average Bonchev–Trinajstić information content (AvgIpc) is 2.26. The maximum Gasteiger partial charge on any atom is 0.207 e. The van der Waals surface area contributed by atoms with Crippen molar-refractivity contribution in [2.24, 2.45) is 0 Å². The van der Waals surface area contributed by atoms with Gasteiger partial charge in [-0.15, -0.1) is 0 Å². The topological polar surface area (TPSA) is 51.2 Å². The predicted octanol–water partition coefficient (Wildman–Crippen LogP) is 3.02. The summed E-state index contributed by atoms with van der Waals surface area (Å²) >= 11 is 9.21. The van der Waals surface area contributed by atoms with E-state index < -0.39 is 19.8 Å². The van der Waals surface area contributed by atoms with Crippen molar-refractivity contribution in [3.63, 3.8) is 0 Å². The summed E-state index contributed by atoms with van der Waals surface area (Å²) in [6.45, 7) is 1.57. The minimum absolute atomic E-state index is 0.0300. The Labute approximate surface area is 114 Å². The number of ketones is 1. The molecule has 0 bridgehead atoms. The van der Waals surface area contributed by atoms with Crippen molar-refractivity contribution in [2.45, 2.75) is 17.6 Å². The van der Waals surface area contributed by atoms with Crippen molar-refractivity contribution in [1.29, 1.82) is 0 Å². The van der Waals surface area contributed by atoms with Gasteiger partial charge in [-0.2, -0.15) is 0 Å². The van der Waals surface area contributed by atoms with Crippen LogP contribution in [0.1, 0.15) is 23.7 Å². The molecule has 0 aliphatic heterocycles. The number of hydrogen-bond donors (Lipinski definition) is 0. The minimum Gasteiger partial charge on any atom is -0.291 e. The number of carbonyl (C=O) groups is 1. The largest absolute Gasteiger partial charge is 0.291 e. The number of rotatable bonds is 4. The first kappa shape index (κ1) is 14.7. The number of alkyl halides is 1. The summed E-state index contributed by atoms with van der Waals surface area (Å²) in [5.41, 5.74) is 0.287. The van der Waals surface area contributed by atoms with Gasteiger partial charge in [0.05, 0.1) is 0 Å². The van der Waals surface area contributed by atoms with Crippen molar-refractivity contribution in [2.75, 3.05) is 6.26 Å². The first-order chi connectivity index (χ1) is 7.72. The van der Waals surface area contributed by atoms with Gasteiger partial charge in [-0.05, 0) is 18.6 Å². The van der Waals surface area contributed by atoms with E-state index in [0.29, 0.717) is 0 Å². The van der Waals surface area contributed by atoms with Gasteiger partial charge in [-0.3, -0.25) is 4.79 Å². The molecule has 1 atom stereocenters. The standard InChI is InChI=1S/C11H12BrClO3S/c1-3-11(13,17(2,15)16)10(14)8-4-6-9(12)7-5-8/h4-7H,3H2,1-2H3/t11-/m1/s1. The summed E-state index contributed by atoms with van der Waals surface area (Å²) in [6.07, 6.45) is 1.00. The van der Waals surface area contributed by atoms with Gasteiger partial charge in [0.2, 0.25) is 4.21 Å². The van der Waals surface area contributed by atoms with Crippen LogP contribution in [0.25, 0.3) is 0 Å². The summed E-state index contributed by atoms with van der Waals surface area (Å²) in [7, 11) is -3.67. The van der Waals surface area contributed by atoms with E-state index in [-0.39, 0.29) is 12.0 Å². The SMILES string of the molecule is CC[C@](Cl)(C(=O)c1ccc(Br)cc1)S(C)(=O)=O. The lowest BCUT2D eigenvalue weighted by Gasteiger charge is -2.21. The van der Waals surface area contributed by atoms with Crippen LogP contribution in [0.3, 0.4) is 0 Å². The third-order valence-corrected chi connectivity index (χ3v) is 5.95. The van der Waals surface area contributed by atoms with Crippen molar-refractivity contribution in [3.05, 3.63) is 34.3 Å². The van der Waals surface area contributed by atoms with Crippen LogP contribution in [0.5, 0.6) is 0 Å². The number of hydrogen-bond acceptors (Lipinski definition) is 3. The Kier molecular flexibility index (Phi) is 4.38. The van der Waals surface area contributed by atoms with Crippen LogP contribution in [0.4, 0.5) is 0 Å². The van der Waals surface area contributed by atoms with Crippen molar-refractivity contribution < 1.29 is 13.2 Å². The van der Waals surface area contributed by atoms with Gasteiger partial charge in [-0.25, -0.2) is 8.42 Å². The maximum atomic E-state index is 12.1. The van der Waals surface area contributed by atoms with Gasteiger partial charge in [0.1, 0.15) is 0 Å². The Morgan fingerprint density at radius 2 is 1.82 bits per heavy atom. The van der Waals surface area contributed by atoms with Crippen molar-refractivity contribution in [1.82, 2.24) is 0 Å². The minimum atomic E-state index is -3.67. The molecule has 0 heterocycles. The van der Waals surface area contributed by atoms with E-state index in [0.717, 1.165) is 10.7 Å². The molecule has 1 aromatic carbocycles. The molecule has 0 saturated carbocycles. The fourth-order valence-corrected chi connectivity index (χ4v) is 2.76. The highest BCUT2D eigenvalue weighted by Crippen LogP contribution is 2.31. The Balaban J connectivity index is 3.24. The number of halogens is 2. The third kappa shape index (κ3) is 2.89. The zero-order valence-electron chi connectivity index (χ0n) is 9.41. The molecule has 94 valence electrons. The van der Waals surface area contributed by atoms with E-state index in [4.69, 9.17) is 11.6 Å². The molecule has 17 heavy (non-hydrogen) atoms. The van der Waals surface area contributed by atoms with Gasteiger partial charge in [0.15, 0.2) is 15.6 Å². The number of benzene rings is 1. The molecule has 0 aliphatic rings. The molecule has 0 fully saturated rings. The van der Waals surface area contributed by atoms with E-state index in [9.17, 15) is 13.2 Å². The van der Waals surface area contributed by atoms with Crippen LogP contribution in [0.15, 0.2) is 28.7 Å². The van der Waals surface area contributed by atoms with Crippen LogP contribution < -0.4 is 0 Å². The summed E-state index contributed by atoms with van der Waals surface area (Å²) in [5.74, 6) is -0.586. The Morgan fingerprint density at radius 3 is 2.18 bits per heavy atom. The Morgan fingerprint density at radius 1 is 1.35 bits per heavy atom. The molecule has 6 heteroatoms. The molecule has 0 radical (unpaired) electrons. The van der Waals surface area contributed by atoms with E-state index in [1.807, 2.05) is 0 Å². The van der Waals surface area contributed by atoms with Gasteiger partial charge in [0, 0.05) is 16.3 Å². The molecule has 0 saturated heterocycles. The first-order valence-electron chi connectivity index (χ1n) is 4.91. The number of carbonyl (C=O) groups excluding carboxylic acids is 1. The predicted molar refractivity (Wildman–Crippen MR) is 72.2 cm³/mol. The zero-order chi connectivity index (χ0) is 13.3. The molecule has 0 spiro atoms. The Bertz CT molecular complexity index is 524. The molecule has 0 amide bonds. The molecule has 1 aromatic rings. The molecule has 0 N–H and O–H groups in total. The number of Topliss-reactive ketones (excluding diaryl/α,β-unsaturated/α-hetero) is 1. The van der Waals surface area contributed by atoms with Crippen molar-refractivity contribution >= 4 is 43.2 Å². The lowest BCUT2D eigenvalue weighted by molar-refractivity contribution is 0.0970. The van der Waals surface area contributed by atoms with Crippen LogP contribution in [-0.2, 0) is 9.84 Å². The first-order valence-corrected chi connectivity index (χ1v) is 7.97. The fourth-order valence-electron chi connectivity index (χ4n) is 1.41. The quantitative estimate of drug-likeness (QED) is 0.626. The summed E-state index contributed by atoms with van der Waals surface area (Å²) in [4.78, 5) is 12.1. The van der Waals surface area contributed by atoms with Crippen LogP contribution in [0.2, 0.25) is 0 Å². The van der Waals surface area contributed by atoms with Gasteiger partial charge >= 0.3 is 0 Å². The summed E-state index contributed by atoms with van der Waals surface area (Å²) in [5, 5.41) is 0. The van der Waals surface area contributed by atoms with Crippen LogP contribution in [0, 0.1) is 0 Å². The maximum absolute atomic E-state index is 12.1. The van der Waals surface area contributed by atoms with Gasteiger partial charge in [-0.1, -0.05) is 46.6 Å². The molecular formula is C11H12BrClO3S. The lowest BCUT2D eigenvalue weighted by Crippen LogP contribution is -2.40.